The molecule has 0 aliphatic rings. The molecule has 0 saturated heterocycles. The van der Waals surface area contributed by atoms with Gasteiger partial charge in [-0.05, 0) is 17.8 Å². The summed E-state index contributed by atoms with van der Waals surface area (Å²) in [5.41, 5.74) is 0. The molecule has 0 heterocycles. The van der Waals surface area contributed by atoms with Gasteiger partial charge in [-0.1, -0.05) is 112 Å². The first-order valence-corrected chi connectivity index (χ1v) is 9.57. The van der Waals surface area contributed by atoms with E-state index in [1.807, 2.05) is 0 Å². The standard InChI is InChI=1S/C20H42/c1-6-15-19(4)20(5)17-14-12-10-8-7-9-11-13-16-18(2)3/h18-20H,6-17H2,1-5H3. The van der Waals surface area contributed by atoms with Crippen LogP contribution in [0.2, 0.25) is 0 Å². The first-order valence-electron chi connectivity index (χ1n) is 9.57. The molecule has 0 amide bonds. The lowest BCUT2D eigenvalue weighted by Gasteiger charge is -2.19. The van der Waals surface area contributed by atoms with Gasteiger partial charge in [0.25, 0.3) is 0 Å². The SMILES string of the molecule is CCCC(C)C(C)CCCCCCCCCCC(C)C. The fraction of sp³-hybridized carbons (Fsp3) is 1.00. The molecule has 122 valence electrons. The largest absolute Gasteiger partial charge is 0.0654 e. The van der Waals surface area contributed by atoms with Crippen LogP contribution in [-0.2, 0) is 0 Å². The minimum Gasteiger partial charge on any atom is -0.0654 e. The maximum atomic E-state index is 2.45. The molecule has 0 aliphatic heterocycles. The van der Waals surface area contributed by atoms with Crippen LogP contribution in [0.15, 0.2) is 0 Å². The molecule has 0 nitrogen and oxygen atoms in total. The summed E-state index contributed by atoms with van der Waals surface area (Å²) in [6, 6.07) is 0. The molecule has 0 aromatic rings. The summed E-state index contributed by atoms with van der Waals surface area (Å²) < 4.78 is 0. The molecule has 0 aromatic heterocycles. The van der Waals surface area contributed by atoms with Crippen molar-refractivity contribution in [3.05, 3.63) is 0 Å². The van der Waals surface area contributed by atoms with Gasteiger partial charge in [-0.25, -0.2) is 0 Å². The Morgan fingerprint density at radius 1 is 0.500 bits per heavy atom. The molecule has 0 aliphatic carbocycles. The van der Waals surface area contributed by atoms with Crippen LogP contribution in [0, 0.1) is 17.8 Å². The second-order valence-corrected chi connectivity index (χ2v) is 7.54. The monoisotopic (exact) mass is 282 g/mol. The van der Waals surface area contributed by atoms with Crippen molar-refractivity contribution in [3.63, 3.8) is 0 Å². The molecule has 0 radical (unpaired) electrons. The first kappa shape index (κ1) is 20.0. The molecule has 0 heteroatoms. The quantitative estimate of drug-likeness (QED) is 0.287. The summed E-state index contributed by atoms with van der Waals surface area (Å²) in [6.07, 6.45) is 17.4. The average Bonchev–Trinajstić information content (AvgIpc) is 2.40. The molecule has 0 fully saturated rings. The van der Waals surface area contributed by atoms with Crippen molar-refractivity contribution in [2.45, 2.75) is 112 Å². The normalized spacial score (nSPS) is 14.7. The smallest absolute Gasteiger partial charge is 0.0417 e. The molecule has 0 saturated carbocycles. The Morgan fingerprint density at radius 2 is 0.900 bits per heavy atom. The van der Waals surface area contributed by atoms with Crippen LogP contribution in [0.1, 0.15) is 112 Å². The maximum Gasteiger partial charge on any atom is -0.0417 e. The van der Waals surface area contributed by atoms with Crippen molar-refractivity contribution in [2.75, 3.05) is 0 Å². The molecule has 0 bridgehead atoms. The Balaban J connectivity index is 3.20. The third-order valence-electron chi connectivity index (χ3n) is 4.91. The van der Waals surface area contributed by atoms with Gasteiger partial charge in [0.05, 0.1) is 0 Å². The summed E-state index contributed by atoms with van der Waals surface area (Å²) in [5, 5.41) is 0. The van der Waals surface area contributed by atoms with Crippen LogP contribution in [0.4, 0.5) is 0 Å². The van der Waals surface area contributed by atoms with Gasteiger partial charge >= 0.3 is 0 Å². The zero-order valence-electron chi connectivity index (χ0n) is 15.2. The Morgan fingerprint density at radius 3 is 1.35 bits per heavy atom. The molecule has 0 rings (SSSR count). The number of rotatable bonds is 14. The van der Waals surface area contributed by atoms with Crippen molar-refractivity contribution in [1.82, 2.24) is 0 Å². The van der Waals surface area contributed by atoms with E-state index in [0.717, 1.165) is 17.8 Å². The van der Waals surface area contributed by atoms with Crippen LogP contribution < -0.4 is 0 Å². The van der Waals surface area contributed by atoms with Gasteiger partial charge in [0.1, 0.15) is 0 Å². The highest BCUT2D eigenvalue weighted by Crippen LogP contribution is 2.22. The van der Waals surface area contributed by atoms with E-state index in [0.29, 0.717) is 0 Å². The Kier molecular flexibility index (Phi) is 14.0. The van der Waals surface area contributed by atoms with Crippen molar-refractivity contribution in [1.29, 1.82) is 0 Å². The van der Waals surface area contributed by atoms with E-state index in [2.05, 4.69) is 34.6 Å². The minimum absolute atomic E-state index is 0.895. The highest BCUT2D eigenvalue weighted by molar-refractivity contribution is 4.62. The lowest BCUT2D eigenvalue weighted by Crippen LogP contribution is -2.07. The van der Waals surface area contributed by atoms with E-state index >= 15 is 0 Å². The highest BCUT2D eigenvalue weighted by atomic mass is 14.2. The van der Waals surface area contributed by atoms with E-state index < -0.39 is 0 Å². The Bertz CT molecular complexity index is 182. The predicted octanol–water partition coefficient (Wildman–Crippen LogP) is 7.62. The van der Waals surface area contributed by atoms with E-state index in [9.17, 15) is 0 Å². The molecule has 2 atom stereocenters. The van der Waals surface area contributed by atoms with Crippen LogP contribution in [-0.4, -0.2) is 0 Å². The molecule has 0 N–H and O–H groups in total. The third kappa shape index (κ3) is 13.0. The van der Waals surface area contributed by atoms with Crippen LogP contribution >= 0.6 is 0 Å². The van der Waals surface area contributed by atoms with Crippen molar-refractivity contribution in [3.8, 4) is 0 Å². The second kappa shape index (κ2) is 14.0. The van der Waals surface area contributed by atoms with Crippen molar-refractivity contribution < 1.29 is 0 Å². The number of unbranched alkanes of at least 4 members (excludes halogenated alkanes) is 7. The van der Waals surface area contributed by atoms with Gasteiger partial charge in [-0.3, -0.25) is 0 Å². The van der Waals surface area contributed by atoms with Crippen molar-refractivity contribution in [2.24, 2.45) is 17.8 Å². The molecular weight excluding hydrogens is 240 g/mol. The Hall–Kier alpha value is 0. The summed E-state index contributed by atoms with van der Waals surface area (Å²) in [5.74, 6) is 2.76. The van der Waals surface area contributed by atoms with Gasteiger partial charge < -0.3 is 0 Å². The van der Waals surface area contributed by atoms with E-state index in [1.165, 1.54) is 77.0 Å². The highest BCUT2D eigenvalue weighted by Gasteiger charge is 2.10. The Labute approximate surface area is 130 Å². The van der Waals surface area contributed by atoms with Crippen LogP contribution in [0.25, 0.3) is 0 Å². The van der Waals surface area contributed by atoms with E-state index in [-0.39, 0.29) is 0 Å². The zero-order valence-corrected chi connectivity index (χ0v) is 15.2. The topological polar surface area (TPSA) is 0 Å². The molecule has 2 unspecified atom stereocenters. The van der Waals surface area contributed by atoms with Gasteiger partial charge in [0.2, 0.25) is 0 Å². The van der Waals surface area contributed by atoms with Crippen LogP contribution in [0.5, 0.6) is 0 Å². The molecule has 0 aromatic carbocycles. The maximum absolute atomic E-state index is 2.45. The lowest BCUT2D eigenvalue weighted by molar-refractivity contribution is 0.330. The number of hydrogen-bond donors (Lipinski definition) is 0. The third-order valence-corrected chi connectivity index (χ3v) is 4.91. The fourth-order valence-corrected chi connectivity index (χ4v) is 3.10. The van der Waals surface area contributed by atoms with Gasteiger partial charge in [0.15, 0.2) is 0 Å². The van der Waals surface area contributed by atoms with Crippen LogP contribution in [0.3, 0.4) is 0 Å². The predicted molar refractivity (Wildman–Crippen MR) is 94.2 cm³/mol. The lowest BCUT2D eigenvalue weighted by atomic mass is 9.87. The fourth-order valence-electron chi connectivity index (χ4n) is 3.10. The van der Waals surface area contributed by atoms with Gasteiger partial charge in [-0.2, -0.15) is 0 Å². The van der Waals surface area contributed by atoms with Crippen molar-refractivity contribution >= 4 is 0 Å². The summed E-state index contributed by atoms with van der Waals surface area (Å²) >= 11 is 0. The second-order valence-electron chi connectivity index (χ2n) is 7.54. The number of hydrogen-bond acceptors (Lipinski definition) is 0. The zero-order chi connectivity index (χ0) is 15.2. The summed E-state index contributed by atoms with van der Waals surface area (Å²) in [4.78, 5) is 0. The van der Waals surface area contributed by atoms with E-state index in [4.69, 9.17) is 0 Å². The van der Waals surface area contributed by atoms with Gasteiger partial charge in [0, 0.05) is 0 Å². The summed E-state index contributed by atoms with van der Waals surface area (Å²) in [6.45, 7) is 11.9. The van der Waals surface area contributed by atoms with Gasteiger partial charge in [-0.15, -0.1) is 0 Å². The molecule has 0 spiro atoms. The first-order chi connectivity index (χ1) is 9.57. The molecular formula is C20H42. The molecule has 20 heavy (non-hydrogen) atoms. The van der Waals surface area contributed by atoms with E-state index in [1.54, 1.807) is 0 Å². The minimum atomic E-state index is 0.895. The summed E-state index contributed by atoms with van der Waals surface area (Å²) in [7, 11) is 0. The average molecular weight is 283 g/mol.